The van der Waals surface area contributed by atoms with Crippen molar-refractivity contribution in [2.45, 2.75) is 25.8 Å². The fourth-order valence-corrected chi connectivity index (χ4v) is 2.46. The van der Waals surface area contributed by atoms with Gasteiger partial charge in [0, 0.05) is 33.3 Å². The summed E-state index contributed by atoms with van der Waals surface area (Å²) in [5.41, 5.74) is 1.73. The molecule has 4 heteroatoms. The van der Waals surface area contributed by atoms with E-state index in [2.05, 4.69) is 10.2 Å². The molecule has 1 N–H and O–H groups in total. The average molecular weight is 266 g/mol. The third-order valence-corrected chi connectivity index (χ3v) is 3.52. The Morgan fingerprint density at radius 2 is 2.05 bits per heavy atom. The molecule has 19 heavy (non-hydrogen) atoms. The van der Waals surface area contributed by atoms with Crippen LogP contribution in [0.3, 0.4) is 0 Å². The molecule has 1 fully saturated rings. The van der Waals surface area contributed by atoms with Crippen molar-refractivity contribution in [3.63, 3.8) is 0 Å². The summed E-state index contributed by atoms with van der Waals surface area (Å²) in [7, 11) is 1.68. The summed E-state index contributed by atoms with van der Waals surface area (Å²) >= 11 is 0. The Labute approximate surface area is 114 Å². The van der Waals surface area contributed by atoms with E-state index >= 15 is 0 Å². The number of anilines is 1. The van der Waals surface area contributed by atoms with Crippen LogP contribution in [0.15, 0.2) is 18.2 Å². The smallest absolute Gasteiger partial charge is 0.146 e. The van der Waals surface area contributed by atoms with Crippen LogP contribution >= 0.6 is 0 Å². The normalized spacial score (nSPS) is 15.8. The zero-order valence-electron chi connectivity index (χ0n) is 11.6. The number of halogens is 1. The molecule has 1 aliphatic heterocycles. The molecule has 1 heterocycles. The zero-order valence-corrected chi connectivity index (χ0v) is 11.6. The number of benzene rings is 1. The summed E-state index contributed by atoms with van der Waals surface area (Å²) in [5, 5.41) is 3.22. The van der Waals surface area contributed by atoms with Crippen molar-refractivity contribution in [3.05, 3.63) is 29.6 Å². The average Bonchev–Trinajstić information content (AvgIpc) is 2.45. The number of methoxy groups -OCH3 is 1. The van der Waals surface area contributed by atoms with Crippen LogP contribution in [0.25, 0.3) is 0 Å². The van der Waals surface area contributed by atoms with Crippen molar-refractivity contribution in [2.24, 2.45) is 0 Å². The van der Waals surface area contributed by atoms with Crippen molar-refractivity contribution >= 4 is 5.69 Å². The zero-order chi connectivity index (χ0) is 13.5. The maximum absolute atomic E-state index is 14.1. The Balaban J connectivity index is 1.92. The van der Waals surface area contributed by atoms with Crippen molar-refractivity contribution in [2.75, 3.05) is 38.3 Å². The Morgan fingerprint density at radius 3 is 2.74 bits per heavy atom. The predicted octanol–water partition coefficient (Wildman–Crippen LogP) is 2.55. The maximum atomic E-state index is 14.1. The fourth-order valence-electron chi connectivity index (χ4n) is 2.46. The molecule has 1 aliphatic rings. The van der Waals surface area contributed by atoms with Crippen molar-refractivity contribution < 1.29 is 9.13 Å². The topological polar surface area (TPSA) is 24.5 Å². The molecule has 0 radical (unpaired) electrons. The summed E-state index contributed by atoms with van der Waals surface area (Å²) in [6, 6.07) is 5.56. The number of nitrogens with zero attached hydrogens (tertiary/aromatic N) is 1. The van der Waals surface area contributed by atoms with Gasteiger partial charge < -0.3 is 15.0 Å². The lowest BCUT2D eigenvalue weighted by molar-refractivity contribution is 0.199. The van der Waals surface area contributed by atoms with Gasteiger partial charge in [0.15, 0.2) is 0 Å². The molecular formula is C15H23FN2O. The summed E-state index contributed by atoms with van der Waals surface area (Å²) in [6.45, 7) is 4.09. The van der Waals surface area contributed by atoms with Crippen LogP contribution in [-0.4, -0.2) is 33.4 Å². The summed E-state index contributed by atoms with van der Waals surface area (Å²) in [5.74, 6) is -0.104. The number of ether oxygens (including phenoxy) is 1. The molecule has 0 aliphatic carbocycles. The first-order valence-electron chi connectivity index (χ1n) is 7.04. The van der Waals surface area contributed by atoms with E-state index in [9.17, 15) is 4.39 Å². The van der Waals surface area contributed by atoms with Gasteiger partial charge in [-0.1, -0.05) is 6.07 Å². The minimum absolute atomic E-state index is 0.104. The lowest BCUT2D eigenvalue weighted by atomic mass is 10.1. The Morgan fingerprint density at radius 1 is 1.26 bits per heavy atom. The van der Waals surface area contributed by atoms with Gasteiger partial charge in [0.2, 0.25) is 0 Å². The van der Waals surface area contributed by atoms with Gasteiger partial charge >= 0.3 is 0 Å². The largest absolute Gasteiger partial charge is 0.383 e. The summed E-state index contributed by atoms with van der Waals surface area (Å²) < 4.78 is 19.1. The molecule has 0 spiro atoms. The standard InChI is InChI=1S/C15H23FN2O/c1-19-10-7-17-12-13-5-6-15(14(16)11-13)18-8-3-2-4-9-18/h5-6,11,17H,2-4,7-10,12H2,1H3. The predicted molar refractivity (Wildman–Crippen MR) is 76.0 cm³/mol. The lowest BCUT2D eigenvalue weighted by Gasteiger charge is -2.29. The molecule has 3 nitrogen and oxygen atoms in total. The SMILES string of the molecule is COCCNCc1ccc(N2CCCCC2)c(F)c1. The second-order valence-corrected chi connectivity index (χ2v) is 5.00. The Bertz CT molecular complexity index is 392. The molecule has 0 aromatic heterocycles. The molecule has 0 saturated carbocycles. The van der Waals surface area contributed by atoms with Crippen LogP contribution in [0.1, 0.15) is 24.8 Å². The van der Waals surface area contributed by atoms with Gasteiger partial charge in [-0.3, -0.25) is 0 Å². The Hall–Kier alpha value is -1.13. The van der Waals surface area contributed by atoms with Crippen LogP contribution in [0.5, 0.6) is 0 Å². The van der Waals surface area contributed by atoms with Gasteiger partial charge in [-0.25, -0.2) is 4.39 Å². The van der Waals surface area contributed by atoms with E-state index < -0.39 is 0 Å². The van der Waals surface area contributed by atoms with E-state index in [4.69, 9.17) is 4.74 Å². The third-order valence-electron chi connectivity index (χ3n) is 3.52. The van der Waals surface area contributed by atoms with Crippen molar-refractivity contribution in [1.82, 2.24) is 5.32 Å². The number of nitrogens with one attached hydrogen (secondary N) is 1. The van der Waals surface area contributed by atoms with E-state index in [0.717, 1.165) is 30.9 Å². The van der Waals surface area contributed by atoms with Crippen LogP contribution in [-0.2, 0) is 11.3 Å². The molecule has 0 bridgehead atoms. The van der Waals surface area contributed by atoms with Gasteiger partial charge in [0.1, 0.15) is 5.82 Å². The van der Waals surface area contributed by atoms with Gasteiger partial charge in [0.25, 0.3) is 0 Å². The van der Waals surface area contributed by atoms with Gasteiger partial charge in [-0.15, -0.1) is 0 Å². The highest BCUT2D eigenvalue weighted by molar-refractivity contribution is 5.49. The molecule has 106 valence electrons. The van der Waals surface area contributed by atoms with Crippen molar-refractivity contribution in [3.8, 4) is 0 Å². The molecule has 2 rings (SSSR count). The molecule has 1 aromatic rings. The van der Waals surface area contributed by atoms with E-state index in [-0.39, 0.29) is 5.82 Å². The fraction of sp³-hybridized carbons (Fsp3) is 0.600. The first kappa shape index (κ1) is 14.3. The van der Waals surface area contributed by atoms with E-state index in [1.54, 1.807) is 13.2 Å². The van der Waals surface area contributed by atoms with Gasteiger partial charge in [-0.2, -0.15) is 0 Å². The number of rotatable bonds is 6. The minimum atomic E-state index is -0.104. The lowest BCUT2D eigenvalue weighted by Crippen LogP contribution is -2.30. The maximum Gasteiger partial charge on any atom is 0.146 e. The second kappa shape index (κ2) is 7.46. The van der Waals surface area contributed by atoms with Crippen LogP contribution in [0.2, 0.25) is 0 Å². The van der Waals surface area contributed by atoms with E-state index in [0.29, 0.717) is 13.2 Å². The van der Waals surface area contributed by atoms with Crippen LogP contribution in [0.4, 0.5) is 10.1 Å². The quantitative estimate of drug-likeness (QED) is 0.801. The molecule has 0 unspecified atom stereocenters. The highest BCUT2D eigenvalue weighted by atomic mass is 19.1. The monoisotopic (exact) mass is 266 g/mol. The molecular weight excluding hydrogens is 243 g/mol. The van der Waals surface area contributed by atoms with Crippen LogP contribution in [0, 0.1) is 5.82 Å². The van der Waals surface area contributed by atoms with Crippen LogP contribution < -0.4 is 10.2 Å². The molecule has 0 atom stereocenters. The highest BCUT2D eigenvalue weighted by Gasteiger charge is 2.14. The Kier molecular flexibility index (Phi) is 5.61. The molecule has 1 aromatic carbocycles. The van der Waals surface area contributed by atoms with E-state index in [1.807, 2.05) is 12.1 Å². The first-order valence-corrected chi connectivity index (χ1v) is 7.04. The molecule has 1 saturated heterocycles. The number of piperidine rings is 1. The number of hydrogen-bond donors (Lipinski definition) is 1. The summed E-state index contributed by atoms with van der Waals surface area (Å²) in [4.78, 5) is 2.15. The third kappa shape index (κ3) is 4.18. The minimum Gasteiger partial charge on any atom is -0.383 e. The van der Waals surface area contributed by atoms with Gasteiger partial charge in [0.05, 0.1) is 12.3 Å². The molecule has 0 amide bonds. The first-order chi connectivity index (χ1) is 9.31. The van der Waals surface area contributed by atoms with E-state index in [1.165, 1.54) is 19.3 Å². The van der Waals surface area contributed by atoms with Crippen molar-refractivity contribution in [1.29, 1.82) is 0 Å². The number of hydrogen-bond acceptors (Lipinski definition) is 3. The highest BCUT2D eigenvalue weighted by Crippen LogP contribution is 2.23. The second-order valence-electron chi connectivity index (χ2n) is 5.00. The summed E-state index contributed by atoms with van der Waals surface area (Å²) in [6.07, 6.45) is 3.60. The van der Waals surface area contributed by atoms with Gasteiger partial charge in [-0.05, 0) is 37.0 Å².